The van der Waals surface area contributed by atoms with E-state index in [2.05, 4.69) is 10.3 Å². The molecule has 0 saturated carbocycles. The van der Waals surface area contributed by atoms with Crippen LogP contribution in [0.4, 0.5) is 0 Å². The van der Waals surface area contributed by atoms with Crippen molar-refractivity contribution in [1.82, 2.24) is 15.3 Å². The number of aromatic amines is 1. The summed E-state index contributed by atoms with van der Waals surface area (Å²) < 4.78 is 5.61. The molecule has 4 aromatic rings. The zero-order valence-corrected chi connectivity index (χ0v) is 16.5. The van der Waals surface area contributed by atoms with Crippen LogP contribution in [0.15, 0.2) is 54.6 Å². The Labute approximate surface area is 173 Å². The molecule has 3 heterocycles. The minimum absolute atomic E-state index is 0.0822. The van der Waals surface area contributed by atoms with Gasteiger partial charge in [0.05, 0.1) is 22.3 Å². The zero-order chi connectivity index (χ0) is 19.8. The highest BCUT2D eigenvalue weighted by Gasteiger charge is 2.20. The second-order valence-corrected chi connectivity index (χ2v) is 7.68. The molecule has 2 N–H and O–H groups in total. The molecule has 1 unspecified atom stereocenters. The van der Waals surface area contributed by atoms with Crippen molar-refractivity contribution in [3.8, 4) is 11.3 Å². The molecule has 1 saturated heterocycles. The largest absolute Gasteiger partial charge is 0.376 e. The first-order chi connectivity index (χ1) is 14.2. The molecule has 5 rings (SSSR count). The van der Waals surface area contributed by atoms with E-state index in [0.717, 1.165) is 46.8 Å². The molecule has 1 aliphatic heterocycles. The van der Waals surface area contributed by atoms with Crippen molar-refractivity contribution >= 4 is 39.3 Å². The summed E-state index contributed by atoms with van der Waals surface area (Å²) in [6.45, 7) is 1.25. The predicted octanol–water partition coefficient (Wildman–Crippen LogP) is 4.95. The van der Waals surface area contributed by atoms with E-state index in [1.165, 1.54) is 0 Å². The number of para-hydroxylation sites is 1. The van der Waals surface area contributed by atoms with E-state index in [1.807, 2.05) is 54.6 Å². The Balaban J connectivity index is 1.63. The minimum atomic E-state index is -0.207. The summed E-state index contributed by atoms with van der Waals surface area (Å²) in [5.74, 6) is -0.207. The molecule has 6 heteroatoms. The van der Waals surface area contributed by atoms with Gasteiger partial charge in [-0.2, -0.15) is 0 Å². The first-order valence-electron chi connectivity index (χ1n) is 9.77. The van der Waals surface area contributed by atoms with E-state index in [0.29, 0.717) is 23.0 Å². The van der Waals surface area contributed by atoms with Gasteiger partial charge in [-0.15, -0.1) is 0 Å². The van der Waals surface area contributed by atoms with Crippen LogP contribution < -0.4 is 5.32 Å². The van der Waals surface area contributed by atoms with Gasteiger partial charge >= 0.3 is 0 Å². The highest BCUT2D eigenvalue weighted by atomic mass is 35.5. The van der Waals surface area contributed by atoms with E-state index >= 15 is 0 Å². The average Bonchev–Trinajstić information content (AvgIpc) is 3.39. The lowest BCUT2D eigenvalue weighted by atomic mass is 10.1. The summed E-state index contributed by atoms with van der Waals surface area (Å²) in [6, 6.07) is 17.4. The number of fused-ring (bicyclic) bond motifs is 3. The number of nitrogens with zero attached hydrogens (tertiary/aromatic N) is 1. The van der Waals surface area contributed by atoms with Crippen LogP contribution in [0.5, 0.6) is 0 Å². The average molecular weight is 406 g/mol. The van der Waals surface area contributed by atoms with E-state index in [9.17, 15) is 4.79 Å². The molecule has 0 aliphatic carbocycles. The number of nitrogens with one attached hydrogen (secondary N) is 2. The fourth-order valence-electron chi connectivity index (χ4n) is 3.91. The lowest BCUT2D eigenvalue weighted by Gasteiger charge is -2.12. The van der Waals surface area contributed by atoms with Crippen LogP contribution in [0, 0.1) is 0 Å². The molecular formula is C23H20ClN3O2. The molecule has 0 radical (unpaired) electrons. The maximum absolute atomic E-state index is 12.9. The molecule has 0 bridgehead atoms. The van der Waals surface area contributed by atoms with Crippen molar-refractivity contribution in [1.29, 1.82) is 0 Å². The van der Waals surface area contributed by atoms with Crippen LogP contribution in [0.3, 0.4) is 0 Å². The van der Waals surface area contributed by atoms with E-state index in [4.69, 9.17) is 21.3 Å². The number of ether oxygens (including phenoxy) is 1. The number of rotatable bonds is 4. The lowest BCUT2D eigenvalue weighted by Crippen LogP contribution is -2.32. The van der Waals surface area contributed by atoms with Gasteiger partial charge in [0.15, 0.2) is 0 Å². The first kappa shape index (κ1) is 18.2. The normalized spacial score (nSPS) is 16.5. The number of halogens is 1. The van der Waals surface area contributed by atoms with Crippen molar-refractivity contribution in [2.75, 3.05) is 13.2 Å². The van der Waals surface area contributed by atoms with E-state index < -0.39 is 0 Å². The fourth-order valence-corrected chi connectivity index (χ4v) is 4.14. The molecule has 5 nitrogen and oxygen atoms in total. The number of benzene rings is 2. The van der Waals surface area contributed by atoms with Gasteiger partial charge in [0.1, 0.15) is 5.69 Å². The molecule has 2 aromatic heterocycles. The van der Waals surface area contributed by atoms with Gasteiger partial charge in [0.2, 0.25) is 0 Å². The Hall–Kier alpha value is -2.89. The summed E-state index contributed by atoms with van der Waals surface area (Å²) in [7, 11) is 0. The Morgan fingerprint density at radius 2 is 2.00 bits per heavy atom. The Morgan fingerprint density at radius 1 is 1.17 bits per heavy atom. The number of hydrogen-bond donors (Lipinski definition) is 2. The Bertz CT molecular complexity index is 1210. The van der Waals surface area contributed by atoms with Crippen LogP contribution in [0.2, 0.25) is 5.02 Å². The number of hydrogen-bond acceptors (Lipinski definition) is 3. The molecule has 1 aliphatic rings. The number of aromatic nitrogens is 2. The lowest BCUT2D eigenvalue weighted by molar-refractivity contribution is 0.0854. The number of carbonyl (C=O) groups excluding carboxylic acids is 1. The van der Waals surface area contributed by atoms with Gasteiger partial charge in [-0.1, -0.05) is 48.0 Å². The summed E-state index contributed by atoms with van der Waals surface area (Å²) >= 11 is 6.47. The molecule has 1 atom stereocenters. The van der Waals surface area contributed by atoms with Gasteiger partial charge in [-0.25, -0.2) is 4.98 Å². The topological polar surface area (TPSA) is 67.0 Å². The highest BCUT2D eigenvalue weighted by Crippen LogP contribution is 2.35. The van der Waals surface area contributed by atoms with Gasteiger partial charge in [0, 0.05) is 35.0 Å². The van der Waals surface area contributed by atoms with Crippen LogP contribution in [-0.2, 0) is 4.74 Å². The maximum atomic E-state index is 12.9. The number of amides is 1. The quantitative estimate of drug-likeness (QED) is 0.505. The van der Waals surface area contributed by atoms with Gasteiger partial charge in [0.25, 0.3) is 5.91 Å². The molecule has 146 valence electrons. The third kappa shape index (κ3) is 3.37. The number of carbonyl (C=O) groups is 1. The summed E-state index contributed by atoms with van der Waals surface area (Å²) in [6.07, 6.45) is 2.09. The minimum Gasteiger partial charge on any atom is -0.376 e. The highest BCUT2D eigenvalue weighted by molar-refractivity contribution is 6.33. The second-order valence-electron chi connectivity index (χ2n) is 7.27. The third-order valence-corrected chi connectivity index (χ3v) is 5.70. The second kappa shape index (κ2) is 7.50. The van der Waals surface area contributed by atoms with E-state index in [1.54, 1.807) is 0 Å². The summed E-state index contributed by atoms with van der Waals surface area (Å²) in [5.41, 5.74) is 3.70. The SMILES string of the molecule is O=C(NCC1CCCO1)c1cc2c([nH]c3ccccc32)c(-c2ccccc2Cl)n1. The standard InChI is InChI=1S/C23H20ClN3O2/c24-18-9-3-1-8-16(18)21-22-17(15-7-2-4-10-19(15)26-22)12-20(27-21)23(28)25-13-14-6-5-11-29-14/h1-4,7-10,12,14,26H,5-6,11,13H2,(H,25,28). The van der Waals surface area contributed by atoms with Crippen LogP contribution in [0.25, 0.3) is 33.1 Å². The van der Waals surface area contributed by atoms with Crippen molar-refractivity contribution < 1.29 is 9.53 Å². The predicted molar refractivity (Wildman–Crippen MR) is 115 cm³/mol. The third-order valence-electron chi connectivity index (χ3n) is 5.37. The molecule has 1 amide bonds. The van der Waals surface area contributed by atoms with Crippen molar-refractivity contribution in [3.63, 3.8) is 0 Å². The van der Waals surface area contributed by atoms with Gasteiger partial charge in [-0.3, -0.25) is 4.79 Å². The van der Waals surface area contributed by atoms with Gasteiger partial charge < -0.3 is 15.0 Å². The van der Waals surface area contributed by atoms with E-state index in [-0.39, 0.29) is 12.0 Å². The number of H-pyrrole nitrogens is 1. The molecule has 29 heavy (non-hydrogen) atoms. The van der Waals surface area contributed by atoms with Crippen LogP contribution >= 0.6 is 11.6 Å². The molecular weight excluding hydrogens is 386 g/mol. The van der Waals surface area contributed by atoms with Crippen molar-refractivity contribution in [2.24, 2.45) is 0 Å². The molecule has 0 spiro atoms. The van der Waals surface area contributed by atoms with Crippen LogP contribution in [0.1, 0.15) is 23.3 Å². The Morgan fingerprint density at radius 3 is 2.83 bits per heavy atom. The van der Waals surface area contributed by atoms with Crippen molar-refractivity contribution in [2.45, 2.75) is 18.9 Å². The number of pyridine rings is 1. The van der Waals surface area contributed by atoms with Crippen LogP contribution in [-0.4, -0.2) is 35.1 Å². The van der Waals surface area contributed by atoms with Crippen molar-refractivity contribution in [3.05, 3.63) is 65.3 Å². The molecule has 1 fully saturated rings. The molecule has 2 aromatic carbocycles. The summed E-state index contributed by atoms with van der Waals surface area (Å²) in [5, 5.41) is 5.56. The summed E-state index contributed by atoms with van der Waals surface area (Å²) in [4.78, 5) is 21.0. The fraction of sp³-hybridized carbons (Fsp3) is 0.217. The maximum Gasteiger partial charge on any atom is 0.270 e. The Kier molecular flexibility index (Phi) is 4.70. The smallest absolute Gasteiger partial charge is 0.270 e. The zero-order valence-electron chi connectivity index (χ0n) is 15.7. The monoisotopic (exact) mass is 405 g/mol. The first-order valence-corrected chi connectivity index (χ1v) is 10.1. The van der Waals surface area contributed by atoms with Gasteiger partial charge in [-0.05, 0) is 31.0 Å².